The van der Waals surface area contributed by atoms with E-state index in [-0.39, 0.29) is 110 Å². The van der Waals surface area contributed by atoms with Crippen LogP contribution in [-0.4, -0.2) is 224 Å². The first-order valence-corrected chi connectivity index (χ1v) is 35.2. The highest BCUT2D eigenvalue weighted by molar-refractivity contribution is 5.98. The van der Waals surface area contributed by atoms with Crippen LogP contribution in [0.25, 0.3) is 22.3 Å². The van der Waals surface area contributed by atoms with Gasteiger partial charge in [0.05, 0.1) is 31.3 Å². The van der Waals surface area contributed by atoms with Crippen LogP contribution in [0.5, 0.6) is 0 Å². The van der Waals surface area contributed by atoms with Crippen LogP contribution < -0.4 is 65.1 Å². The molecule has 8 rings (SSSR count). The van der Waals surface area contributed by atoms with Gasteiger partial charge in [-0.3, -0.25) is 57.5 Å². The molecule has 0 spiro atoms. The van der Waals surface area contributed by atoms with Gasteiger partial charge in [0.15, 0.2) is 0 Å². The van der Waals surface area contributed by atoms with E-state index in [9.17, 15) is 67.7 Å². The van der Waals surface area contributed by atoms with Crippen LogP contribution in [0, 0.1) is 16.7 Å². The number of hydrogen-bond donors (Lipinski definition) is 14. The lowest BCUT2D eigenvalue weighted by atomic mass is 9.85. The summed E-state index contributed by atoms with van der Waals surface area (Å²) in [5.41, 5.74) is 20.8. The molecular weight excluding hydrogens is 1340 g/mol. The van der Waals surface area contributed by atoms with Crippen molar-refractivity contribution in [1.82, 2.24) is 57.7 Å². The molecule has 0 aliphatic carbocycles. The number of primary amides is 1. The summed E-state index contributed by atoms with van der Waals surface area (Å²) in [4.78, 5) is 163. The van der Waals surface area contributed by atoms with Gasteiger partial charge in [0.25, 0.3) is 0 Å². The van der Waals surface area contributed by atoms with Crippen LogP contribution in [-0.2, 0) is 79.8 Å². The van der Waals surface area contributed by atoms with E-state index < -0.39 is 149 Å². The predicted octanol–water partition coefficient (Wildman–Crippen LogP) is -1.29. The van der Waals surface area contributed by atoms with Crippen molar-refractivity contribution in [2.75, 3.05) is 72.2 Å². The van der Waals surface area contributed by atoms with Gasteiger partial charge in [-0.15, -0.1) is 0 Å². The van der Waals surface area contributed by atoms with Gasteiger partial charge in [-0.25, -0.2) is 0 Å². The van der Waals surface area contributed by atoms with Gasteiger partial charge in [0, 0.05) is 77.9 Å². The average Bonchev–Trinajstić information content (AvgIpc) is 1.61. The predicted molar refractivity (Wildman–Crippen MR) is 384 cm³/mol. The second-order valence-corrected chi connectivity index (χ2v) is 28.6. The summed E-state index contributed by atoms with van der Waals surface area (Å²) in [7, 11) is 0. The van der Waals surface area contributed by atoms with Gasteiger partial charge >= 0.3 is 0 Å². The zero-order valence-electron chi connectivity index (χ0n) is 59.9. The van der Waals surface area contributed by atoms with Crippen LogP contribution in [0.15, 0.2) is 109 Å². The molecule has 0 radical (unpaired) electrons. The number of benzene rings is 4. The number of nitrogens with two attached hydrogens (primary N) is 3. The Morgan fingerprint density at radius 2 is 0.856 bits per heavy atom. The first kappa shape index (κ1) is 81.6. The van der Waals surface area contributed by atoms with Gasteiger partial charge in [-0.1, -0.05) is 151 Å². The quantitative estimate of drug-likeness (QED) is 0.0830. The van der Waals surface area contributed by atoms with Crippen LogP contribution >= 0.6 is 0 Å². The molecule has 0 unspecified atom stereocenters. The van der Waals surface area contributed by atoms with Gasteiger partial charge in [-0.05, 0) is 63.5 Å². The minimum Gasteiger partial charge on any atom is -0.391 e. The summed E-state index contributed by atoms with van der Waals surface area (Å²) in [6, 6.07) is 25.1. The molecule has 564 valence electrons. The Balaban J connectivity index is 0.000000293. The molecule has 0 bridgehead atoms. The molecule has 4 aromatic rings. The molecule has 4 fully saturated rings. The highest BCUT2D eigenvalue weighted by Crippen LogP contribution is 2.30. The fourth-order valence-corrected chi connectivity index (χ4v) is 12.5. The molecule has 30 heteroatoms. The van der Waals surface area contributed by atoms with Crippen molar-refractivity contribution in [1.29, 1.82) is 0 Å². The number of carbonyl (C=O) groups is 12. The van der Waals surface area contributed by atoms with Gasteiger partial charge < -0.3 is 94.5 Å². The molecule has 0 aromatic heterocycles. The van der Waals surface area contributed by atoms with Crippen LogP contribution in [0.4, 0.5) is 0 Å². The van der Waals surface area contributed by atoms with E-state index >= 15 is 0 Å². The number of rotatable bonds is 11. The number of aliphatic hydroxyl groups excluding tert-OH is 2. The summed E-state index contributed by atoms with van der Waals surface area (Å²) in [5.74, 6) is -7.86. The van der Waals surface area contributed by atoms with Crippen LogP contribution in [0.3, 0.4) is 0 Å². The Hall–Kier alpha value is -9.72. The molecule has 4 aliphatic heterocycles. The van der Waals surface area contributed by atoms with Crippen LogP contribution in [0.2, 0.25) is 0 Å². The first-order chi connectivity index (χ1) is 49.4. The third kappa shape index (κ3) is 24.2. The molecule has 0 saturated carbocycles. The minimum atomic E-state index is -1.38. The normalized spacial score (nSPS) is 25.5. The second kappa shape index (κ2) is 38.7. The SMILES string of the molecule is CC(C)(C)[C@@H]1NC(=O)COCCNC(=O)[C@@H](CN)CCCNC(=O)[C@@H](Cc2ccc(-c3ccccc3)cc2)NC(=O)[C@@H]2C[C@@H](O)CN2C1=O.CC(C)(C)[C@@H]1NC(=O)COCCNC(=O)[C@@H](CN)NC(=O)[C@@H](CCC(N)=O)NC(=O)[C@@H](Cc2ccc(-c3ccccc3)cc2)NC(=O)[C@@H]2C[C@@H](O)CN2C1=O. The molecule has 17 N–H and O–H groups in total. The number of aliphatic hydroxyl groups is 2. The molecule has 4 saturated heterocycles. The fourth-order valence-electron chi connectivity index (χ4n) is 12.5. The van der Waals surface area contributed by atoms with Gasteiger partial charge in [0.1, 0.15) is 61.5 Å². The molecule has 104 heavy (non-hydrogen) atoms. The topological polar surface area (TPSA) is 457 Å². The van der Waals surface area contributed by atoms with E-state index in [1.54, 1.807) is 53.7 Å². The van der Waals surface area contributed by atoms with Gasteiger partial charge in [0.2, 0.25) is 70.9 Å². The summed E-state index contributed by atoms with van der Waals surface area (Å²) >= 11 is 0. The number of amides is 12. The lowest BCUT2D eigenvalue weighted by molar-refractivity contribution is -0.145. The van der Waals surface area contributed by atoms with Gasteiger partial charge in [-0.2, -0.15) is 0 Å². The van der Waals surface area contributed by atoms with Crippen molar-refractivity contribution >= 4 is 70.9 Å². The highest BCUT2D eigenvalue weighted by Gasteiger charge is 2.47. The number of nitrogens with one attached hydrogen (secondary N) is 9. The summed E-state index contributed by atoms with van der Waals surface area (Å²) in [6.07, 6.45) is -1.74. The van der Waals surface area contributed by atoms with E-state index in [4.69, 9.17) is 26.7 Å². The van der Waals surface area contributed by atoms with E-state index in [1.807, 2.05) is 97.1 Å². The Bertz CT molecular complexity index is 3610. The van der Waals surface area contributed by atoms with Crippen LogP contribution in [0.1, 0.15) is 91.2 Å². The van der Waals surface area contributed by atoms with Crippen molar-refractivity contribution < 1.29 is 77.2 Å². The molecular formula is C74H102N14O16. The molecule has 11 atom stereocenters. The smallest absolute Gasteiger partial charge is 0.246 e. The lowest BCUT2D eigenvalue weighted by Gasteiger charge is -2.35. The number of ether oxygens (including phenoxy) is 2. The maximum atomic E-state index is 14.1. The van der Waals surface area contributed by atoms with E-state index in [0.717, 1.165) is 27.8 Å². The fraction of sp³-hybridized carbons (Fsp3) is 0.514. The zero-order valence-corrected chi connectivity index (χ0v) is 59.9. The van der Waals surface area contributed by atoms with E-state index in [1.165, 1.54) is 9.80 Å². The molecule has 12 amide bonds. The standard InChI is InChI=1S/C38H52N8O9.C36H50N6O7/c1-38(2,3)32-37(54)46-20-25(47)18-29(46)36(53)43-27(17-22-9-11-24(12-10-22)23-7-5-4-6-8-23)35(52)42-26(13-14-30(40)48)34(51)44-28(19-39)33(50)41-15-16-55-21-31(49)45-32;1-36(2,3)31-35(48)42-21-27(43)19-29(42)34(47)40-28(18-23-11-13-25(14-12-23)24-8-5-4-6-9-24)33(46)38-15-7-10-26(20-37)32(45)39-16-17-49-22-30(44)41-31/h4-12,25-29,32,47H,13-21,39H2,1-3H3,(H2,40,48)(H,41,50)(H,42,52)(H,43,53)(H,44,51)(H,45,49);4-6,8-9,11-14,26-29,31,43H,7,10,15-22,37H2,1-3H3,(H,38,46)(H,39,45)(H,40,47)(H,41,44)/t25-,26-,27-,28-,29+,32-;26-,27-,28-,29+,31-/m11/s1. The number of hydrogen-bond acceptors (Lipinski definition) is 18. The third-order valence-electron chi connectivity index (χ3n) is 18.3. The molecule has 4 heterocycles. The van der Waals surface area contributed by atoms with E-state index in [0.29, 0.717) is 18.4 Å². The lowest BCUT2D eigenvalue weighted by Crippen LogP contribution is -2.60. The summed E-state index contributed by atoms with van der Waals surface area (Å²) in [6.45, 7) is 9.56. The largest absolute Gasteiger partial charge is 0.391 e. The molecule has 4 aliphatic rings. The zero-order chi connectivity index (χ0) is 75.8. The maximum Gasteiger partial charge on any atom is 0.246 e. The Morgan fingerprint density at radius 1 is 0.471 bits per heavy atom. The third-order valence-corrected chi connectivity index (χ3v) is 18.3. The Kier molecular flexibility index (Phi) is 30.4. The average molecular weight is 1440 g/mol. The monoisotopic (exact) mass is 1440 g/mol. The second-order valence-electron chi connectivity index (χ2n) is 28.6. The first-order valence-electron chi connectivity index (χ1n) is 35.2. The number of nitrogens with zero attached hydrogens (tertiary/aromatic N) is 2. The minimum absolute atomic E-state index is 0.0207. The Labute approximate surface area is 605 Å². The van der Waals surface area contributed by atoms with Crippen molar-refractivity contribution in [3.05, 3.63) is 120 Å². The van der Waals surface area contributed by atoms with E-state index in [2.05, 4.69) is 47.9 Å². The maximum absolute atomic E-state index is 14.1. The Morgan fingerprint density at radius 3 is 1.28 bits per heavy atom. The van der Waals surface area contributed by atoms with Crippen molar-refractivity contribution in [3.8, 4) is 22.3 Å². The van der Waals surface area contributed by atoms with Crippen molar-refractivity contribution in [2.24, 2.45) is 33.9 Å². The highest BCUT2D eigenvalue weighted by atomic mass is 16.5. The van der Waals surface area contributed by atoms with Crippen molar-refractivity contribution in [3.63, 3.8) is 0 Å². The summed E-state index contributed by atoms with van der Waals surface area (Å²) < 4.78 is 10.9. The number of fused-ring (bicyclic) bond motifs is 2. The summed E-state index contributed by atoms with van der Waals surface area (Å²) in [5, 5.41) is 45.6. The number of carbonyl (C=O) groups excluding carboxylic acids is 12. The molecule has 4 aromatic carbocycles. The molecule has 30 nitrogen and oxygen atoms in total. The van der Waals surface area contributed by atoms with Crippen molar-refractivity contribution in [2.45, 2.75) is 153 Å².